The molecule has 0 aliphatic heterocycles. The first kappa shape index (κ1) is 11.7. The van der Waals surface area contributed by atoms with Crippen LogP contribution in [0.4, 0.5) is 6.01 Å². The number of hydrogen-bond acceptors (Lipinski definition) is 3. The molecule has 1 heterocycles. The van der Waals surface area contributed by atoms with Crippen LogP contribution in [-0.2, 0) is 0 Å². The van der Waals surface area contributed by atoms with Gasteiger partial charge in [-0.05, 0) is 18.2 Å². The van der Waals surface area contributed by atoms with Gasteiger partial charge in [0.1, 0.15) is 11.4 Å². The summed E-state index contributed by atoms with van der Waals surface area (Å²) in [5.74, 6) is 0.359. The molecular formula is C14H10ClN3O. The normalized spacial score (nSPS) is 11.9. The first-order valence-corrected chi connectivity index (χ1v) is 6.06. The maximum Gasteiger partial charge on any atom is 0.324 e. The van der Waals surface area contributed by atoms with Gasteiger partial charge in [-0.25, -0.2) is 0 Å². The smallest absolute Gasteiger partial charge is 0.324 e. The predicted octanol–water partition coefficient (Wildman–Crippen LogP) is 3.52. The molecule has 0 saturated carbocycles. The highest BCUT2D eigenvalue weighted by Crippen LogP contribution is 2.24. The Labute approximate surface area is 114 Å². The second-order valence-corrected chi connectivity index (χ2v) is 4.41. The van der Waals surface area contributed by atoms with E-state index in [9.17, 15) is 0 Å². The number of nitrogens with two attached hydrogens (primary N) is 1. The number of nitrogens with zero attached hydrogens (tertiary/aromatic N) is 2. The molecular weight excluding hydrogens is 262 g/mol. The van der Waals surface area contributed by atoms with E-state index in [1.165, 1.54) is 0 Å². The largest absolute Gasteiger partial charge is 0.422 e. The van der Waals surface area contributed by atoms with Crippen molar-refractivity contribution in [1.82, 2.24) is 4.98 Å². The van der Waals surface area contributed by atoms with Crippen LogP contribution in [0.25, 0.3) is 11.1 Å². The van der Waals surface area contributed by atoms with E-state index >= 15 is 0 Å². The van der Waals surface area contributed by atoms with Crippen molar-refractivity contribution in [2.75, 3.05) is 0 Å². The van der Waals surface area contributed by atoms with Gasteiger partial charge in [-0.1, -0.05) is 41.9 Å². The van der Waals surface area contributed by atoms with Crippen LogP contribution in [-0.4, -0.2) is 10.8 Å². The summed E-state index contributed by atoms with van der Waals surface area (Å²) in [6, 6.07) is 14.9. The first-order valence-electron chi connectivity index (χ1n) is 5.68. The molecule has 0 fully saturated rings. The highest BCUT2D eigenvalue weighted by Gasteiger charge is 2.06. The first-order chi connectivity index (χ1) is 9.22. The lowest BCUT2D eigenvalue weighted by Gasteiger charge is -1.97. The molecule has 0 unspecified atom stereocenters. The lowest BCUT2D eigenvalue weighted by molar-refractivity contribution is 0.613. The number of amidine groups is 1. The number of aromatic nitrogens is 1. The quantitative estimate of drug-likeness (QED) is 0.573. The summed E-state index contributed by atoms with van der Waals surface area (Å²) in [4.78, 5) is 8.39. The summed E-state index contributed by atoms with van der Waals surface area (Å²) in [5, 5.41) is 0.604. The number of benzene rings is 2. The van der Waals surface area contributed by atoms with Crippen LogP contribution in [0.1, 0.15) is 5.56 Å². The van der Waals surface area contributed by atoms with Crippen molar-refractivity contribution in [2.45, 2.75) is 0 Å². The topological polar surface area (TPSA) is 64.4 Å². The number of aliphatic imine (C=N–C) groups is 1. The maximum absolute atomic E-state index is 5.90. The zero-order valence-corrected chi connectivity index (χ0v) is 10.6. The van der Waals surface area contributed by atoms with Crippen molar-refractivity contribution < 1.29 is 4.42 Å². The fraction of sp³-hybridized carbons (Fsp3) is 0. The Morgan fingerprint density at radius 2 is 1.95 bits per heavy atom. The molecule has 0 aliphatic carbocycles. The molecule has 1 aromatic heterocycles. The zero-order chi connectivity index (χ0) is 13.2. The Morgan fingerprint density at radius 1 is 1.16 bits per heavy atom. The Morgan fingerprint density at radius 3 is 2.74 bits per heavy atom. The molecule has 3 aromatic rings. The van der Waals surface area contributed by atoms with Crippen LogP contribution in [0.5, 0.6) is 0 Å². The number of halogens is 1. The molecule has 0 aliphatic rings. The molecule has 0 saturated heterocycles. The van der Waals surface area contributed by atoms with Crippen molar-refractivity contribution in [3.63, 3.8) is 0 Å². The van der Waals surface area contributed by atoms with Gasteiger partial charge in [-0.2, -0.15) is 9.98 Å². The summed E-state index contributed by atoms with van der Waals surface area (Å²) >= 11 is 5.89. The summed E-state index contributed by atoms with van der Waals surface area (Å²) < 4.78 is 5.48. The third kappa shape index (κ3) is 2.44. The monoisotopic (exact) mass is 271 g/mol. The SMILES string of the molecule is N/C(=N\c1nc2cc(Cl)ccc2o1)c1ccccc1. The van der Waals surface area contributed by atoms with Crippen molar-refractivity contribution in [1.29, 1.82) is 0 Å². The number of rotatable bonds is 2. The third-order valence-electron chi connectivity index (χ3n) is 2.62. The number of fused-ring (bicyclic) bond motifs is 1. The van der Waals surface area contributed by atoms with Crippen LogP contribution in [0.15, 0.2) is 57.9 Å². The molecule has 2 N–H and O–H groups in total. The fourth-order valence-electron chi connectivity index (χ4n) is 1.71. The fourth-order valence-corrected chi connectivity index (χ4v) is 1.88. The van der Waals surface area contributed by atoms with Gasteiger partial charge >= 0.3 is 6.01 Å². The molecule has 0 radical (unpaired) electrons. The molecule has 2 aromatic carbocycles. The van der Waals surface area contributed by atoms with Gasteiger partial charge < -0.3 is 10.2 Å². The number of hydrogen-bond donors (Lipinski definition) is 1. The zero-order valence-electron chi connectivity index (χ0n) is 9.88. The van der Waals surface area contributed by atoms with E-state index in [1.807, 2.05) is 30.3 Å². The molecule has 19 heavy (non-hydrogen) atoms. The molecule has 3 rings (SSSR count). The van der Waals surface area contributed by atoms with Crippen molar-refractivity contribution in [3.05, 3.63) is 59.1 Å². The van der Waals surface area contributed by atoms with Gasteiger partial charge in [0.2, 0.25) is 0 Å². The highest BCUT2D eigenvalue weighted by molar-refractivity contribution is 6.31. The molecule has 0 bridgehead atoms. The van der Waals surface area contributed by atoms with Crippen LogP contribution in [0.2, 0.25) is 5.02 Å². The highest BCUT2D eigenvalue weighted by atomic mass is 35.5. The van der Waals surface area contributed by atoms with Crippen LogP contribution < -0.4 is 5.73 Å². The van der Waals surface area contributed by atoms with Crippen molar-refractivity contribution >= 4 is 34.6 Å². The van der Waals surface area contributed by atoms with E-state index < -0.39 is 0 Å². The van der Waals surface area contributed by atoms with Gasteiger partial charge in [0.25, 0.3) is 0 Å². The van der Waals surface area contributed by atoms with E-state index in [2.05, 4.69) is 9.98 Å². The molecule has 5 heteroatoms. The van der Waals surface area contributed by atoms with Gasteiger partial charge in [-0.3, -0.25) is 0 Å². The van der Waals surface area contributed by atoms with Crippen LogP contribution in [0.3, 0.4) is 0 Å². The second-order valence-electron chi connectivity index (χ2n) is 3.97. The third-order valence-corrected chi connectivity index (χ3v) is 2.86. The van der Waals surface area contributed by atoms with E-state index in [1.54, 1.807) is 18.2 Å². The van der Waals surface area contributed by atoms with Gasteiger partial charge in [0, 0.05) is 10.6 Å². The van der Waals surface area contributed by atoms with Gasteiger partial charge in [0.15, 0.2) is 5.58 Å². The predicted molar refractivity (Wildman–Crippen MR) is 75.8 cm³/mol. The van der Waals surface area contributed by atoms with Crippen molar-refractivity contribution in [3.8, 4) is 0 Å². The van der Waals surface area contributed by atoms with E-state index in [4.69, 9.17) is 21.8 Å². The summed E-state index contributed by atoms with van der Waals surface area (Å²) in [5.41, 5.74) is 8.01. The molecule has 0 spiro atoms. The number of oxazole rings is 1. The lowest BCUT2D eigenvalue weighted by atomic mass is 10.2. The summed E-state index contributed by atoms with van der Waals surface area (Å²) in [7, 11) is 0. The van der Waals surface area contributed by atoms with Crippen LogP contribution in [0, 0.1) is 0 Å². The average molecular weight is 272 g/mol. The Hall–Kier alpha value is -2.33. The Balaban J connectivity index is 2.01. The van der Waals surface area contributed by atoms with Gasteiger partial charge in [0.05, 0.1) is 0 Å². The summed E-state index contributed by atoms with van der Waals surface area (Å²) in [6.45, 7) is 0. The average Bonchev–Trinajstić information content (AvgIpc) is 2.81. The minimum absolute atomic E-state index is 0.221. The second kappa shape index (κ2) is 4.74. The molecule has 0 amide bonds. The molecule has 94 valence electrons. The maximum atomic E-state index is 5.90. The Kier molecular flexibility index (Phi) is 2.93. The molecule has 4 nitrogen and oxygen atoms in total. The summed E-state index contributed by atoms with van der Waals surface area (Å²) in [6.07, 6.45) is 0. The molecule has 0 atom stereocenters. The van der Waals surface area contributed by atoms with E-state index in [0.29, 0.717) is 22.0 Å². The minimum Gasteiger partial charge on any atom is -0.422 e. The Bertz CT molecular complexity index is 750. The van der Waals surface area contributed by atoms with E-state index in [0.717, 1.165) is 5.56 Å². The minimum atomic E-state index is 0.221. The van der Waals surface area contributed by atoms with E-state index in [-0.39, 0.29) is 6.01 Å². The van der Waals surface area contributed by atoms with Gasteiger partial charge in [-0.15, -0.1) is 0 Å². The lowest BCUT2D eigenvalue weighted by Crippen LogP contribution is -2.12. The van der Waals surface area contributed by atoms with Crippen molar-refractivity contribution in [2.24, 2.45) is 10.7 Å². The standard InChI is InChI=1S/C14H10ClN3O/c15-10-6-7-12-11(8-10)17-14(19-12)18-13(16)9-4-2-1-3-5-9/h1-8H,(H2,16,17,18). The van der Waals surface area contributed by atoms with Crippen LogP contribution >= 0.6 is 11.6 Å².